The first-order valence-electron chi connectivity index (χ1n) is 8.03. The number of carbonyl (C=O) groups is 2. The minimum absolute atomic E-state index is 0.0233. The van der Waals surface area contributed by atoms with Crippen LogP contribution in [0.2, 0.25) is 0 Å². The lowest BCUT2D eigenvalue weighted by Gasteiger charge is -2.20. The van der Waals surface area contributed by atoms with Crippen molar-refractivity contribution in [1.29, 1.82) is 0 Å². The Labute approximate surface area is 151 Å². The van der Waals surface area contributed by atoms with Gasteiger partial charge in [0.15, 0.2) is 9.84 Å². The van der Waals surface area contributed by atoms with Crippen LogP contribution in [0.15, 0.2) is 47.6 Å². The zero-order chi connectivity index (χ0) is 18.9. The normalized spacial score (nSPS) is 20.2. The highest BCUT2D eigenvalue weighted by atomic mass is 32.2. The highest BCUT2D eigenvalue weighted by molar-refractivity contribution is 7.92. The molecule has 0 bridgehead atoms. The number of likely N-dealkylation sites (tertiary alicyclic amines) is 1. The van der Waals surface area contributed by atoms with E-state index in [2.05, 4.69) is 5.10 Å². The molecule has 0 aliphatic carbocycles. The van der Waals surface area contributed by atoms with Crippen molar-refractivity contribution in [3.63, 3.8) is 0 Å². The highest BCUT2D eigenvalue weighted by Crippen LogP contribution is 2.29. The quantitative estimate of drug-likeness (QED) is 0.731. The number of carbonyl (C=O) groups excluding carboxylic acids is 2. The van der Waals surface area contributed by atoms with E-state index in [1.54, 1.807) is 35.3 Å². The zero-order valence-corrected chi connectivity index (χ0v) is 15.2. The van der Waals surface area contributed by atoms with Crippen molar-refractivity contribution in [1.82, 2.24) is 14.7 Å². The van der Waals surface area contributed by atoms with E-state index in [9.17, 15) is 18.0 Å². The van der Waals surface area contributed by atoms with Crippen LogP contribution in [-0.2, 0) is 24.2 Å². The number of nitrogens with zero attached hydrogens (tertiary/aromatic N) is 3. The third kappa shape index (κ3) is 3.22. The number of hydrogen-bond acceptors (Lipinski definition) is 6. The molecule has 138 valence electrons. The van der Waals surface area contributed by atoms with Crippen LogP contribution < -0.4 is 0 Å². The molecule has 1 aromatic carbocycles. The van der Waals surface area contributed by atoms with E-state index in [1.165, 1.54) is 31.1 Å². The fraction of sp³-hybridized carbons (Fsp3) is 0.353. The molecule has 0 radical (unpaired) electrons. The van der Waals surface area contributed by atoms with Crippen LogP contribution in [0.1, 0.15) is 13.3 Å². The minimum Gasteiger partial charge on any atom is -0.467 e. The number of amides is 1. The number of hydrogen-bond donors (Lipinski definition) is 0. The molecule has 2 atom stereocenters. The molecule has 0 unspecified atom stereocenters. The number of aromatic nitrogens is 2. The molecule has 2 heterocycles. The van der Waals surface area contributed by atoms with E-state index in [-0.39, 0.29) is 23.8 Å². The summed E-state index contributed by atoms with van der Waals surface area (Å²) in [6, 6.07) is 7.24. The maximum Gasteiger partial charge on any atom is 0.328 e. The first-order valence-corrected chi connectivity index (χ1v) is 9.58. The van der Waals surface area contributed by atoms with E-state index in [4.69, 9.17) is 4.74 Å². The topological polar surface area (TPSA) is 98.6 Å². The van der Waals surface area contributed by atoms with E-state index in [0.29, 0.717) is 0 Å². The molecule has 9 heteroatoms. The molecule has 0 N–H and O–H groups in total. The van der Waals surface area contributed by atoms with Crippen molar-refractivity contribution >= 4 is 21.7 Å². The van der Waals surface area contributed by atoms with Gasteiger partial charge in [0, 0.05) is 25.9 Å². The average molecular weight is 377 g/mol. The van der Waals surface area contributed by atoms with Gasteiger partial charge < -0.3 is 9.64 Å². The number of esters is 1. The SMILES string of the molecule is COC(=O)[C@@H]1C[C@@H](S(=O)(=O)c2ccc(-n3cccn3)cc2)CN1C(C)=O. The van der Waals surface area contributed by atoms with E-state index >= 15 is 0 Å². The van der Waals surface area contributed by atoms with Crippen molar-refractivity contribution < 1.29 is 22.7 Å². The van der Waals surface area contributed by atoms with Gasteiger partial charge in [0.05, 0.1) is 22.9 Å². The first kappa shape index (κ1) is 18.1. The van der Waals surface area contributed by atoms with Crippen LogP contribution in [0.25, 0.3) is 5.69 Å². The van der Waals surface area contributed by atoms with Gasteiger partial charge in [0.1, 0.15) is 6.04 Å². The second-order valence-corrected chi connectivity index (χ2v) is 8.29. The average Bonchev–Trinajstić information content (AvgIpc) is 3.31. The van der Waals surface area contributed by atoms with Crippen molar-refractivity contribution in [3.8, 4) is 5.69 Å². The largest absolute Gasteiger partial charge is 0.467 e. The molecule has 1 fully saturated rings. The third-order valence-electron chi connectivity index (χ3n) is 4.51. The van der Waals surface area contributed by atoms with Crippen LogP contribution in [0.4, 0.5) is 0 Å². The second kappa shape index (κ2) is 6.91. The summed E-state index contributed by atoms with van der Waals surface area (Å²) in [7, 11) is -2.48. The Kier molecular flexibility index (Phi) is 4.82. The summed E-state index contributed by atoms with van der Waals surface area (Å²) in [5.41, 5.74) is 0.734. The predicted molar refractivity (Wildman–Crippen MR) is 92.3 cm³/mol. The Hall–Kier alpha value is -2.68. The van der Waals surface area contributed by atoms with Crippen LogP contribution in [0, 0.1) is 0 Å². The lowest BCUT2D eigenvalue weighted by atomic mass is 10.2. The monoisotopic (exact) mass is 377 g/mol. The predicted octanol–water partition coefficient (Wildman–Crippen LogP) is 0.808. The Bertz CT molecular complexity index is 906. The smallest absolute Gasteiger partial charge is 0.328 e. The summed E-state index contributed by atoms with van der Waals surface area (Å²) in [5, 5.41) is 3.24. The summed E-state index contributed by atoms with van der Waals surface area (Å²) >= 11 is 0. The van der Waals surface area contributed by atoms with Crippen LogP contribution in [0.5, 0.6) is 0 Å². The molecular formula is C17H19N3O5S. The van der Waals surface area contributed by atoms with Gasteiger partial charge in [-0.25, -0.2) is 17.9 Å². The number of rotatable bonds is 4. The maximum atomic E-state index is 12.9. The van der Waals surface area contributed by atoms with Gasteiger partial charge in [0.25, 0.3) is 0 Å². The lowest BCUT2D eigenvalue weighted by Crippen LogP contribution is -2.40. The van der Waals surface area contributed by atoms with E-state index < -0.39 is 27.1 Å². The molecular weight excluding hydrogens is 358 g/mol. The molecule has 1 aliphatic rings. The van der Waals surface area contributed by atoms with Crippen LogP contribution in [-0.4, -0.2) is 59.9 Å². The van der Waals surface area contributed by atoms with Crippen molar-refractivity contribution in [2.24, 2.45) is 0 Å². The number of ether oxygens (including phenoxy) is 1. The Balaban J connectivity index is 1.86. The molecule has 0 spiro atoms. The van der Waals surface area contributed by atoms with Crippen molar-refractivity contribution in [2.45, 2.75) is 29.5 Å². The van der Waals surface area contributed by atoms with Crippen LogP contribution >= 0.6 is 0 Å². The second-order valence-electron chi connectivity index (χ2n) is 6.06. The molecule has 8 nitrogen and oxygen atoms in total. The number of benzene rings is 1. The van der Waals surface area contributed by atoms with E-state index in [1.807, 2.05) is 0 Å². The van der Waals surface area contributed by atoms with Gasteiger partial charge in [0.2, 0.25) is 5.91 Å². The van der Waals surface area contributed by atoms with Gasteiger partial charge in [-0.1, -0.05) is 0 Å². The van der Waals surface area contributed by atoms with Gasteiger partial charge in [-0.05, 0) is 36.8 Å². The molecule has 2 aromatic rings. The maximum absolute atomic E-state index is 12.9. The molecule has 0 saturated carbocycles. The van der Waals surface area contributed by atoms with Gasteiger partial charge in [-0.2, -0.15) is 5.10 Å². The Morgan fingerprint density at radius 2 is 1.92 bits per heavy atom. The third-order valence-corrected chi connectivity index (χ3v) is 6.66. The number of methoxy groups -OCH3 is 1. The summed E-state index contributed by atoms with van der Waals surface area (Å²) in [4.78, 5) is 25.1. The van der Waals surface area contributed by atoms with Crippen molar-refractivity contribution in [3.05, 3.63) is 42.7 Å². The fourth-order valence-corrected chi connectivity index (χ4v) is 4.83. The molecule has 1 aliphatic heterocycles. The van der Waals surface area contributed by atoms with E-state index in [0.717, 1.165) is 5.69 Å². The standard InChI is InChI=1S/C17H19N3O5S/c1-12(21)19-11-15(10-16(19)17(22)25-2)26(23,24)14-6-4-13(5-7-14)20-9-3-8-18-20/h3-9,15-16H,10-11H2,1-2H3/t15-,16+/m1/s1. The molecule has 26 heavy (non-hydrogen) atoms. The van der Waals surface area contributed by atoms with Gasteiger partial charge in [-0.3, -0.25) is 4.79 Å². The summed E-state index contributed by atoms with van der Waals surface area (Å²) in [6.07, 6.45) is 3.41. The Morgan fingerprint density at radius 3 is 2.46 bits per heavy atom. The number of sulfone groups is 1. The molecule has 1 amide bonds. The highest BCUT2D eigenvalue weighted by Gasteiger charge is 2.44. The summed E-state index contributed by atoms with van der Waals surface area (Å²) < 4.78 is 32.2. The van der Waals surface area contributed by atoms with Gasteiger partial charge in [-0.15, -0.1) is 0 Å². The molecule has 3 rings (SSSR count). The molecule has 1 aromatic heterocycles. The zero-order valence-electron chi connectivity index (χ0n) is 14.4. The lowest BCUT2D eigenvalue weighted by molar-refractivity contribution is -0.150. The van der Waals surface area contributed by atoms with Gasteiger partial charge >= 0.3 is 5.97 Å². The summed E-state index contributed by atoms with van der Waals surface area (Å²) in [5.74, 6) is -0.959. The fourth-order valence-electron chi connectivity index (χ4n) is 3.13. The minimum atomic E-state index is -3.70. The Morgan fingerprint density at radius 1 is 1.23 bits per heavy atom. The molecule has 1 saturated heterocycles. The van der Waals surface area contributed by atoms with Crippen molar-refractivity contribution in [2.75, 3.05) is 13.7 Å². The summed E-state index contributed by atoms with van der Waals surface area (Å²) in [6.45, 7) is 1.28. The van der Waals surface area contributed by atoms with Crippen LogP contribution in [0.3, 0.4) is 0 Å². The first-order chi connectivity index (χ1) is 12.3.